The molecule has 36 heavy (non-hydrogen) atoms. The number of ketones is 1. The molecule has 2 amide bonds. The average Bonchev–Trinajstić information content (AvgIpc) is 3.57. The van der Waals surface area contributed by atoms with E-state index in [1.165, 1.54) is 18.4 Å². The number of hydrazine groups is 1. The minimum absolute atomic E-state index is 0.138. The lowest BCUT2D eigenvalue weighted by Crippen LogP contribution is -2.49. The summed E-state index contributed by atoms with van der Waals surface area (Å²) in [4.78, 5) is 28.7. The number of hydrogen-bond acceptors (Lipinski definition) is 6. The highest BCUT2D eigenvalue weighted by Crippen LogP contribution is 2.43. The number of aromatic amines is 1. The number of morpholine rings is 1. The van der Waals surface area contributed by atoms with E-state index >= 15 is 0 Å². The van der Waals surface area contributed by atoms with Gasteiger partial charge in [-0.2, -0.15) is 5.10 Å². The summed E-state index contributed by atoms with van der Waals surface area (Å²) < 4.78 is 5.32. The topological polar surface area (TPSA) is 103 Å². The molecular weight excluding hydrogens is 456 g/mol. The highest BCUT2D eigenvalue weighted by atomic mass is 16.5. The van der Waals surface area contributed by atoms with Gasteiger partial charge in [-0.3, -0.25) is 20.2 Å². The zero-order chi connectivity index (χ0) is 24.6. The fraction of sp³-hybridized carbons (Fsp3) is 0.370. The molecule has 3 aromatic rings. The number of likely N-dealkylation sites (tertiary alicyclic amines) is 1. The number of rotatable bonds is 5. The standard InChI is InChI=1S/C27H30N6O3/c1-17-4-3-11-32(17)16-18-7-9-19(10-8-18)24-23-25(30-29-24)20-5-2-6-21(22(20)26(23)34)28-27(35)31-33-12-14-36-15-13-33/h2,5-10,17H,3-4,11-16H2,1H3,(H,29,30)(H2,28,31,35). The van der Waals surface area contributed by atoms with E-state index in [1.807, 2.05) is 29.3 Å². The highest BCUT2D eigenvalue weighted by molar-refractivity contribution is 6.26. The Morgan fingerprint density at radius 3 is 2.67 bits per heavy atom. The summed E-state index contributed by atoms with van der Waals surface area (Å²) in [5, 5.41) is 12.2. The van der Waals surface area contributed by atoms with Crippen LogP contribution in [0.1, 0.15) is 41.3 Å². The van der Waals surface area contributed by atoms with Crippen molar-refractivity contribution >= 4 is 17.5 Å². The first-order valence-corrected chi connectivity index (χ1v) is 12.6. The summed E-state index contributed by atoms with van der Waals surface area (Å²) in [6.45, 7) is 6.75. The van der Waals surface area contributed by atoms with Crippen LogP contribution in [0.5, 0.6) is 0 Å². The first kappa shape index (κ1) is 22.9. The Labute approximate surface area is 209 Å². The van der Waals surface area contributed by atoms with Gasteiger partial charge in [-0.05, 0) is 37.9 Å². The lowest BCUT2D eigenvalue weighted by Gasteiger charge is -2.27. The van der Waals surface area contributed by atoms with E-state index in [0.717, 1.165) is 24.2 Å². The van der Waals surface area contributed by atoms with Crippen molar-refractivity contribution in [2.24, 2.45) is 0 Å². The third-order valence-corrected chi connectivity index (χ3v) is 7.38. The number of urea groups is 1. The van der Waals surface area contributed by atoms with Gasteiger partial charge in [0.15, 0.2) is 5.78 Å². The van der Waals surface area contributed by atoms with Gasteiger partial charge in [0.1, 0.15) is 5.69 Å². The molecule has 1 atom stereocenters. The van der Waals surface area contributed by atoms with Crippen LogP contribution in [0.15, 0.2) is 42.5 Å². The molecule has 0 radical (unpaired) electrons. The normalized spacial score (nSPS) is 19.8. The maximum atomic E-state index is 13.6. The van der Waals surface area contributed by atoms with E-state index in [9.17, 15) is 9.59 Å². The molecule has 9 nitrogen and oxygen atoms in total. The van der Waals surface area contributed by atoms with Crippen LogP contribution in [-0.4, -0.2) is 70.8 Å². The van der Waals surface area contributed by atoms with Gasteiger partial charge in [0.05, 0.1) is 35.7 Å². The van der Waals surface area contributed by atoms with Gasteiger partial charge in [0.25, 0.3) is 0 Å². The maximum absolute atomic E-state index is 13.6. The van der Waals surface area contributed by atoms with Crippen LogP contribution in [0.3, 0.4) is 0 Å². The first-order chi connectivity index (χ1) is 17.6. The monoisotopic (exact) mass is 486 g/mol. The second kappa shape index (κ2) is 9.50. The van der Waals surface area contributed by atoms with Crippen LogP contribution in [0.2, 0.25) is 0 Å². The zero-order valence-corrected chi connectivity index (χ0v) is 20.3. The minimum atomic E-state index is -0.380. The van der Waals surface area contributed by atoms with Gasteiger partial charge in [-0.1, -0.05) is 36.4 Å². The molecule has 2 aliphatic heterocycles. The third-order valence-electron chi connectivity index (χ3n) is 7.38. The Hall–Kier alpha value is -3.53. The molecule has 186 valence electrons. The number of amides is 2. The quantitative estimate of drug-likeness (QED) is 0.398. The molecule has 6 rings (SSSR count). The Morgan fingerprint density at radius 2 is 1.92 bits per heavy atom. The van der Waals surface area contributed by atoms with Crippen LogP contribution in [0.4, 0.5) is 10.5 Å². The van der Waals surface area contributed by atoms with Crippen LogP contribution in [0, 0.1) is 0 Å². The number of ether oxygens (including phenoxy) is 1. The largest absolute Gasteiger partial charge is 0.379 e. The summed E-state index contributed by atoms with van der Waals surface area (Å²) in [5.41, 5.74) is 8.57. The van der Waals surface area contributed by atoms with Crippen molar-refractivity contribution in [2.75, 3.05) is 38.2 Å². The second-order valence-corrected chi connectivity index (χ2v) is 9.70. The fourth-order valence-corrected chi connectivity index (χ4v) is 5.40. The van der Waals surface area contributed by atoms with Crippen molar-refractivity contribution in [3.8, 4) is 22.5 Å². The minimum Gasteiger partial charge on any atom is -0.379 e. The Bertz CT molecular complexity index is 1300. The summed E-state index contributed by atoms with van der Waals surface area (Å²) in [6.07, 6.45) is 2.51. The first-order valence-electron chi connectivity index (χ1n) is 12.6. The summed E-state index contributed by atoms with van der Waals surface area (Å²) >= 11 is 0. The highest BCUT2D eigenvalue weighted by Gasteiger charge is 2.35. The molecule has 2 saturated heterocycles. The molecule has 0 saturated carbocycles. The number of hydrogen-bond donors (Lipinski definition) is 3. The molecule has 2 aromatic carbocycles. The van der Waals surface area contributed by atoms with Gasteiger partial charge in [-0.15, -0.1) is 0 Å². The number of carbonyl (C=O) groups is 2. The molecule has 2 fully saturated rings. The van der Waals surface area contributed by atoms with Crippen LogP contribution < -0.4 is 10.7 Å². The molecule has 1 unspecified atom stereocenters. The summed E-state index contributed by atoms with van der Waals surface area (Å²) in [6, 6.07) is 14.0. The molecule has 9 heteroatoms. The van der Waals surface area contributed by atoms with Crippen molar-refractivity contribution in [1.29, 1.82) is 0 Å². The number of nitrogens with one attached hydrogen (secondary N) is 3. The summed E-state index contributed by atoms with van der Waals surface area (Å²) in [7, 11) is 0. The van der Waals surface area contributed by atoms with E-state index in [2.05, 4.69) is 44.9 Å². The van der Waals surface area contributed by atoms with Crippen molar-refractivity contribution < 1.29 is 14.3 Å². The number of benzene rings is 2. The van der Waals surface area contributed by atoms with Crippen molar-refractivity contribution in [1.82, 2.24) is 25.5 Å². The Kier molecular flexibility index (Phi) is 6.04. The second-order valence-electron chi connectivity index (χ2n) is 9.70. The smallest absolute Gasteiger partial charge is 0.333 e. The Morgan fingerprint density at radius 1 is 1.11 bits per heavy atom. The molecular formula is C27H30N6O3. The zero-order valence-electron chi connectivity index (χ0n) is 20.3. The maximum Gasteiger partial charge on any atom is 0.333 e. The van der Waals surface area contributed by atoms with E-state index in [0.29, 0.717) is 60.5 Å². The fourth-order valence-electron chi connectivity index (χ4n) is 5.40. The van der Waals surface area contributed by atoms with Gasteiger partial charge in [0, 0.05) is 36.8 Å². The predicted octanol–water partition coefficient (Wildman–Crippen LogP) is 3.64. The Balaban J connectivity index is 1.22. The number of H-pyrrole nitrogens is 1. The molecule has 0 bridgehead atoms. The van der Waals surface area contributed by atoms with Gasteiger partial charge < -0.3 is 10.1 Å². The lowest BCUT2D eigenvalue weighted by atomic mass is 10.0. The van der Waals surface area contributed by atoms with E-state index in [1.54, 1.807) is 6.07 Å². The molecule has 3 aliphatic rings. The molecule has 0 spiro atoms. The van der Waals surface area contributed by atoms with Crippen LogP contribution in [0.25, 0.3) is 22.5 Å². The number of nitrogens with zero attached hydrogens (tertiary/aromatic N) is 3. The molecule has 1 aliphatic carbocycles. The van der Waals surface area contributed by atoms with Crippen molar-refractivity contribution in [3.05, 3.63) is 59.2 Å². The number of anilines is 1. The van der Waals surface area contributed by atoms with Crippen LogP contribution >= 0.6 is 0 Å². The molecule has 1 aromatic heterocycles. The number of fused-ring (bicyclic) bond motifs is 3. The SMILES string of the molecule is CC1CCCN1Cc1ccc(-c2n[nH]c3c2C(=O)c2c(NC(=O)NN4CCOCC4)cccc2-3)cc1. The van der Waals surface area contributed by atoms with E-state index in [4.69, 9.17) is 4.74 Å². The predicted molar refractivity (Wildman–Crippen MR) is 137 cm³/mol. The van der Waals surface area contributed by atoms with Gasteiger partial charge in [-0.25, -0.2) is 9.80 Å². The third kappa shape index (κ3) is 4.19. The van der Waals surface area contributed by atoms with E-state index in [-0.39, 0.29) is 11.8 Å². The van der Waals surface area contributed by atoms with Gasteiger partial charge in [0.2, 0.25) is 0 Å². The van der Waals surface area contributed by atoms with Crippen molar-refractivity contribution in [3.63, 3.8) is 0 Å². The molecule has 3 N–H and O–H groups in total. The van der Waals surface area contributed by atoms with Gasteiger partial charge >= 0.3 is 6.03 Å². The number of aromatic nitrogens is 2. The lowest BCUT2D eigenvalue weighted by molar-refractivity contribution is 0.0207. The average molecular weight is 487 g/mol. The van der Waals surface area contributed by atoms with E-state index < -0.39 is 0 Å². The van der Waals surface area contributed by atoms with Crippen LogP contribution in [-0.2, 0) is 11.3 Å². The molecule has 3 heterocycles. The van der Waals surface area contributed by atoms with Crippen molar-refractivity contribution in [2.45, 2.75) is 32.4 Å². The summed E-state index contributed by atoms with van der Waals surface area (Å²) in [5.74, 6) is -0.138. The number of carbonyl (C=O) groups excluding carboxylic acids is 2.